The second kappa shape index (κ2) is 8.44. The molecule has 0 aliphatic carbocycles. The van der Waals surface area contributed by atoms with E-state index in [4.69, 9.17) is 16.3 Å². The van der Waals surface area contributed by atoms with Gasteiger partial charge in [-0.15, -0.1) is 0 Å². The summed E-state index contributed by atoms with van der Waals surface area (Å²) < 4.78 is 5.21. The summed E-state index contributed by atoms with van der Waals surface area (Å²) in [5, 5.41) is 4.30. The molecule has 1 N–H and O–H groups in total. The highest BCUT2D eigenvalue weighted by atomic mass is 35.5. The Balaban J connectivity index is 2.86. The number of ether oxygens (including phenoxy) is 1. The Bertz CT molecular complexity index is 381. The lowest BCUT2D eigenvalue weighted by atomic mass is 9.94. The van der Waals surface area contributed by atoms with Crippen LogP contribution >= 0.6 is 11.6 Å². The van der Waals surface area contributed by atoms with Gasteiger partial charge >= 0.3 is 0 Å². The average Bonchev–Trinajstić information content (AvgIpc) is 2.43. The van der Waals surface area contributed by atoms with Crippen molar-refractivity contribution in [3.63, 3.8) is 0 Å². The third-order valence-corrected chi connectivity index (χ3v) is 3.85. The van der Waals surface area contributed by atoms with Crippen molar-refractivity contribution < 1.29 is 4.74 Å². The maximum Gasteiger partial charge on any atom is 0.137 e. The third-order valence-electron chi connectivity index (χ3n) is 3.55. The maximum absolute atomic E-state index is 6.23. The van der Waals surface area contributed by atoms with E-state index in [0.29, 0.717) is 17.0 Å². The Kier molecular flexibility index (Phi) is 7.25. The van der Waals surface area contributed by atoms with Gasteiger partial charge in [-0.25, -0.2) is 0 Å². The van der Waals surface area contributed by atoms with Gasteiger partial charge in [0, 0.05) is 6.04 Å². The number of hydrogen-bond acceptors (Lipinski definition) is 2. The molecule has 0 saturated carbocycles. The molecule has 0 heterocycles. The molecule has 1 aromatic rings. The molecule has 0 fully saturated rings. The van der Waals surface area contributed by atoms with Crippen molar-refractivity contribution in [1.82, 2.24) is 5.32 Å². The maximum atomic E-state index is 6.23. The number of hydrogen-bond donors (Lipinski definition) is 1. The number of halogens is 1. The molecule has 2 unspecified atom stereocenters. The number of rotatable bonds is 8. The van der Waals surface area contributed by atoms with Crippen LogP contribution in [0.2, 0.25) is 5.02 Å². The SMILES string of the molecule is CCCNC(CC(C)CC)c1ccc(OC)c(Cl)c1. The van der Waals surface area contributed by atoms with E-state index in [1.165, 1.54) is 12.0 Å². The highest BCUT2D eigenvalue weighted by molar-refractivity contribution is 6.32. The summed E-state index contributed by atoms with van der Waals surface area (Å²) in [6.07, 6.45) is 3.48. The Morgan fingerprint density at radius 2 is 2.05 bits per heavy atom. The first-order valence-corrected chi connectivity index (χ1v) is 7.56. The normalized spacial score (nSPS) is 14.2. The fraction of sp³-hybridized carbons (Fsp3) is 0.625. The zero-order valence-electron chi connectivity index (χ0n) is 12.5. The van der Waals surface area contributed by atoms with Crippen LogP contribution in [0.1, 0.15) is 51.6 Å². The van der Waals surface area contributed by atoms with Crippen molar-refractivity contribution in [2.75, 3.05) is 13.7 Å². The van der Waals surface area contributed by atoms with E-state index < -0.39 is 0 Å². The largest absolute Gasteiger partial charge is 0.495 e. The molecule has 0 radical (unpaired) electrons. The minimum Gasteiger partial charge on any atom is -0.495 e. The minimum absolute atomic E-state index is 0.373. The highest BCUT2D eigenvalue weighted by Crippen LogP contribution is 2.30. The Labute approximate surface area is 122 Å². The quantitative estimate of drug-likeness (QED) is 0.738. The molecule has 1 aromatic carbocycles. The molecule has 0 saturated heterocycles. The van der Waals surface area contributed by atoms with Crippen LogP contribution in [-0.2, 0) is 0 Å². The van der Waals surface area contributed by atoms with Gasteiger partial charge in [0.15, 0.2) is 0 Å². The number of methoxy groups -OCH3 is 1. The zero-order valence-corrected chi connectivity index (χ0v) is 13.3. The highest BCUT2D eigenvalue weighted by Gasteiger charge is 2.15. The molecule has 0 aliphatic heterocycles. The van der Waals surface area contributed by atoms with Crippen molar-refractivity contribution in [3.8, 4) is 5.75 Å². The fourth-order valence-electron chi connectivity index (χ4n) is 2.12. The van der Waals surface area contributed by atoms with Crippen LogP contribution < -0.4 is 10.1 Å². The minimum atomic E-state index is 0.373. The van der Waals surface area contributed by atoms with Crippen LogP contribution in [0.4, 0.5) is 0 Å². The molecule has 1 rings (SSSR count). The summed E-state index contributed by atoms with van der Waals surface area (Å²) in [5.74, 6) is 1.44. The van der Waals surface area contributed by atoms with Crippen LogP contribution in [-0.4, -0.2) is 13.7 Å². The molecular weight excluding hydrogens is 258 g/mol. The van der Waals surface area contributed by atoms with Gasteiger partial charge in [0.1, 0.15) is 5.75 Å². The van der Waals surface area contributed by atoms with Crippen LogP contribution in [0.5, 0.6) is 5.75 Å². The van der Waals surface area contributed by atoms with Crippen molar-refractivity contribution in [3.05, 3.63) is 28.8 Å². The smallest absolute Gasteiger partial charge is 0.137 e. The monoisotopic (exact) mass is 283 g/mol. The topological polar surface area (TPSA) is 21.3 Å². The third kappa shape index (κ3) is 5.04. The van der Waals surface area contributed by atoms with Gasteiger partial charge in [-0.3, -0.25) is 0 Å². The van der Waals surface area contributed by atoms with E-state index in [9.17, 15) is 0 Å². The van der Waals surface area contributed by atoms with Gasteiger partial charge < -0.3 is 10.1 Å². The van der Waals surface area contributed by atoms with Gasteiger partial charge in [0.25, 0.3) is 0 Å². The number of benzene rings is 1. The summed E-state index contributed by atoms with van der Waals surface area (Å²) >= 11 is 6.23. The molecular formula is C16H26ClNO. The van der Waals surface area contributed by atoms with Gasteiger partial charge in [-0.1, -0.05) is 44.9 Å². The van der Waals surface area contributed by atoms with Crippen LogP contribution in [0.25, 0.3) is 0 Å². The van der Waals surface area contributed by atoms with Gasteiger partial charge in [-0.2, -0.15) is 0 Å². The molecule has 0 aliphatic rings. The van der Waals surface area contributed by atoms with Crippen LogP contribution in [0.15, 0.2) is 18.2 Å². The summed E-state index contributed by atoms with van der Waals surface area (Å²) in [6.45, 7) is 7.76. The first-order chi connectivity index (χ1) is 9.12. The van der Waals surface area contributed by atoms with Gasteiger partial charge in [-0.05, 0) is 43.0 Å². The molecule has 19 heavy (non-hydrogen) atoms. The second-order valence-corrected chi connectivity index (χ2v) is 5.56. The van der Waals surface area contributed by atoms with Crippen molar-refractivity contribution in [1.29, 1.82) is 0 Å². The molecule has 0 amide bonds. The van der Waals surface area contributed by atoms with E-state index in [-0.39, 0.29) is 0 Å². The predicted molar refractivity (Wildman–Crippen MR) is 83.1 cm³/mol. The second-order valence-electron chi connectivity index (χ2n) is 5.15. The predicted octanol–water partition coefficient (Wildman–Crippen LogP) is 4.83. The molecule has 0 aromatic heterocycles. The van der Waals surface area contributed by atoms with Crippen LogP contribution in [0.3, 0.4) is 0 Å². The van der Waals surface area contributed by atoms with Crippen molar-refractivity contribution in [2.24, 2.45) is 5.92 Å². The van der Waals surface area contributed by atoms with E-state index in [2.05, 4.69) is 32.2 Å². The van der Waals surface area contributed by atoms with E-state index >= 15 is 0 Å². The summed E-state index contributed by atoms with van der Waals surface area (Å²) in [7, 11) is 1.65. The molecule has 3 heteroatoms. The van der Waals surface area contributed by atoms with Gasteiger partial charge in [0.2, 0.25) is 0 Å². The first kappa shape index (κ1) is 16.3. The van der Waals surface area contributed by atoms with E-state index in [0.717, 1.165) is 25.1 Å². The molecule has 0 bridgehead atoms. The summed E-state index contributed by atoms with van der Waals surface area (Å²) in [5.41, 5.74) is 1.25. The van der Waals surface area contributed by atoms with E-state index in [1.54, 1.807) is 7.11 Å². The number of nitrogens with one attached hydrogen (secondary N) is 1. The average molecular weight is 284 g/mol. The lowest BCUT2D eigenvalue weighted by molar-refractivity contribution is 0.399. The Morgan fingerprint density at radius 1 is 1.32 bits per heavy atom. The lowest BCUT2D eigenvalue weighted by Crippen LogP contribution is -2.24. The fourth-order valence-corrected chi connectivity index (χ4v) is 2.39. The first-order valence-electron chi connectivity index (χ1n) is 7.19. The molecule has 2 atom stereocenters. The lowest BCUT2D eigenvalue weighted by Gasteiger charge is -2.22. The zero-order chi connectivity index (χ0) is 14.3. The van der Waals surface area contributed by atoms with Crippen molar-refractivity contribution in [2.45, 2.75) is 46.1 Å². The van der Waals surface area contributed by atoms with E-state index in [1.807, 2.05) is 12.1 Å². The summed E-state index contributed by atoms with van der Waals surface area (Å²) in [6, 6.07) is 6.46. The molecule has 0 spiro atoms. The molecule has 108 valence electrons. The molecule has 2 nitrogen and oxygen atoms in total. The van der Waals surface area contributed by atoms with Gasteiger partial charge in [0.05, 0.1) is 12.1 Å². The Morgan fingerprint density at radius 3 is 2.58 bits per heavy atom. The summed E-state index contributed by atoms with van der Waals surface area (Å²) in [4.78, 5) is 0. The van der Waals surface area contributed by atoms with Crippen LogP contribution in [0, 0.1) is 5.92 Å². The Hall–Kier alpha value is -0.730. The van der Waals surface area contributed by atoms with Crippen molar-refractivity contribution >= 4 is 11.6 Å². The standard InChI is InChI=1S/C16H26ClNO/c1-5-9-18-15(10-12(3)6-2)13-7-8-16(19-4)14(17)11-13/h7-8,11-12,15,18H,5-6,9-10H2,1-4H3.